The van der Waals surface area contributed by atoms with Crippen LogP contribution in [0.1, 0.15) is 0 Å². The molecule has 11 heteroatoms. The van der Waals surface area contributed by atoms with Gasteiger partial charge in [-0.05, 0) is 59.9 Å². The monoisotopic (exact) mass is 502 g/mol. The number of rotatable bonds is 3. The highest BCUT2D eigenvalue weighted by Gasteiger charge is 2.22. The molecule has 0 atom stereocenters. The first-order valence-electron chi connectivity index (χ1n) is 5.16. The van der Waals surface area contributed by atoms with Gasteiger partial charge in [-0.1, -0.05) is 0 Å². The van der Waals surface area contributed by atoms with Gasteiger partial charge in [-0.25, -0.2) is 22.8 Å². The number of hydrogen-bond acceptors (Lipinski definition) is 5. The molecule has 0 aliphatic heterocycles. The molecule has 6 nitrogen and oxygen atoms in total. The van der Waals surface area contributed by atoms with Crippen LogP contribution in [-0.4, -0.2) is 18.4 Å². The topological polar surface area (TPSA) is 98.0 Å². The number of nitrogens with two attached hydrogens (primary N) is 1. The lowest BCUT2D eigenvalue weighted by Crippen LogP contribution is -2.16. The quantitative estimate of drug-likeness (QED) is 0.625. The maximum atomic E-state index is 13.3. The minimum absolute atomic E-state index is 0.00648. The molecule has 0 fully saturated rings. The fourth-order valence-corrected chi connectivity index (χ4v) is 4.46. The van der Waals surface area contributed by atoms with Crippen LogP contribution in [0.3, 0.4) is 0 Å². The second-order valence-electron chi connectivity index (χ2n) is 3.74. The highest BCUT2D eigenvalue weighted by molar-refractivity contribution is 9.11. The van der Waals surface area contributed by atoms with Crippen molar-refractivity contribution in [3.8, 4) is 0 Å². The van der Waals surface area contributed by atoms with E-state index in [1.807, 2.05) is 0 Å². The van der Waals surface area contributed by atoms with Crippen LogP contribution in [0.25, 0.3) is 0 Å². The third-order valence-electron chi connectivity index (χ3n) is 2.27. The van der Waals surface area contributed by atoms with Gasteiger partial charge >= 0.3 is 0 Å². The Morgan fingerprint density at radius 3 is 2.52 bits per heavy atom. The third kappa shape index (κ3) is 3.71. The third-order valence-corrected chi connectivity index (χ3v) is 5.50. The number of anilines is 2. The van der Waals surface area contributed by atoms with E-state index in [0.29, 0.717) is 4.60 Å². The molecule has 21 heavy (non-hydrogen) atoms. The molecule has 112 valence electrons. The van der Waals surface area contributed by atoms with E-state index >= 15 is 0 Å². The predicted molar refractivity (Wildman–Crippen MR) is 86.8 cm³/mol. The molecule has 1 aromatic carbocycles. The summed E-state index contributed by atoms with van der Waals surface area (Å²) in [5.74, 6) is -0.724. The number of hydrogen-bond donors (Lipinski definition) is 2. The summed E-state index contributed by atoms with van der Waals surface area (Å²) in [5, 5.41) is 0. The molecule has 0 aliphatic carbocycles. The van der Waals surface area contributed by atoms with E-state index in [-0.39, 0.29) is 25.5 Å². The van der Waals surface area contributed by atoms with Gasteiger partial charge in [0.15, 0.2) is 10.4 Å². The standard InChI is InChI=1S/C10H6Br3FN4O2S/c11-4-1-5(14)6(15)2-7(4)21(19,20)18-10-9(13)17-8(12)3-16-10/h1-3H,15H2,(H,16,18). The predicted octanol–water partition coefficient (Wildman–Crippen LogP) is 3.29. The SMILES string of the molecule is Nc1cc(S(=O)(=O)Nc2ncc(Br)nc2Br)c(Br)cc1F. The van der Waals surface area contributed by atoms with Gasteiger partial charge in [-0.2, -0.15) is 0 Å². The average molecular weight is 505 g/mol. The van der Waals surface area contributed by atoms with Crippen molar-refractivity contribution in [2.45, 2.75) is 4.90 Å². The highest BCUT2D eigenvalue weighted by atomic mass is 79.9. The Balaban J connectivity index is 2.46. The molecule has 2 rings (SSSR count). The zero-order valence-electron chi connectivity index (χ0n) is 9.94. The summed E-state index contributed by atoms with van der Waals surface area (Å²) >= 11 is 9.18. The molecule has 0 aliphatic rings. The number of nitrogens with zero attached hydrogens (tertiary/aromatic N) is 2. The van der Waals surface area contributed by atoms with Crippen LogP contribution in [0.5, 0.6) is 0 Å². The first kappa shape index (κ1) is 16.6. The van der Waals surface area contributed by atoms with Gasteiger partial charge in [0.25, 0.3) is 10.0 Å². The van der Waals surface area contributed by atoms with Crippen molar-refractivity contribution < 1.29 is 12.8 Å². The van der Waals surface area contributed by atoms with Crippen LogP contribution in [0.15, 0.2) is 36.9 Å². The van der Waals surface area contributed by atoms with Gasteiger partial charge in [0.05, 0.1) is 11.9 Å². The summed E-state index contributed by atoms with van der Waals surface area (Å²) in [6.07, 6.45) is 1.33. The van der Waals surface area contributed by atoms with Crippen molar-refractivity contribution in [1.82, 2.24) is 9.97 Å². The van der Waals surface area contributed by atoms with Gasteiger partial charge in [-0.3, -0.25) is 4.72 Å². The smallest absolute Gasteiger partial charge is 0.264 e. The second-order valence-corrected chi connectivity index (χ2v) is 7.81. The Labute approximate surface area is 144 Å². The van der Waals surface area contributed by atoms with Crippen molar-refractivity contribution in [2.24, 2.45) is 0 Å². The van der Waals surface area contributed by atoms with Crippen LogP contribution in [0.2, 0.25) is 0 Å². The number of aromatic nitrogens is 2. The van der Waals surface area contributed by atoms with Crippen LogP contribution < -0.4 is 10.5 Å². The van der Waals surface area contributed by atoms with E-state index in [0.717, 1.165) is 12.1 Å². The van der Waals surface area contributed by atoms with E-state index in [1.54, 1.807) is 0 Å². The summed E-state index contributed by atoms with van der Waals surface area (Å²) in [4.78, 5) is 7.63. The summed E-state index contributed by atoms with van der Waals surface area (Å²) in [6, 6.07) is 1.99. The fraction of sp³-hybridized carbons (Fsp3) is 0. The van der Waals surface area contributed by atoms with Gasteiger partial charge in [0.2, 0.25) is 0 Å². The summed E-state index contributed by atoms with van der Waals surface area (Å²) in [5.41, 5.74) is 5.12. The van der Waals surface area contributed by atoms with Crippen molar-refractivity contribution in [3.63, 3.8) is 0 Å². The number of benzene rings is 1. The Hall–Kier alpha value is -0.780. The molecule has 0 saturated carbocycles. The summed E-state index contributed by atoms with van der Waals surface area (Å²) in [6.45, 7) is 0. The lowest BCUT2D eigenvalue weighted by atomic mass is 10.3. The minimum Gasteiger partial charge on any atom is -0.396 e. The molecule has 3 N–H and O–H groups in total. The van der Waals surface area contributed by atoms with Crippen LogP contribution in [0.4, 0.5) is 15.9 Å². The van der Waals surface area contributed by atoms with E-state index in [4.69, 9.17) is 5.73 Å². The number of nitrogen functional groups attached to an aromatic ring is 1. The molecular formula is C10H6Br3FN4O2S. The van der Waals surface area contributed by atoms with E-state index in [1.165, 1.54) is 6.20 Å². The van der Waals surface area contributed by atoms with Crippen LogP contribution in [0, 0.1) is 5.82 Å². The lowest BCUT2D eigenvalue weighted by molar-refractivity contribution is 0.599. The Morgan fingerprint density at radius 1 is 1.24 bits per heavy atom. The molecule has 0 radical (unpaired) electrons. The maximum absolute atomic E-state index is 13.3. The lowest BCUT2D eigenvalue weighted by Gasteiger charge is -2.11. The number of halogens is 4. The van der Waals surface area contributed by atoms with E-state index in [2.05, 4.69) is 62.5 Å². The Morgan fingerprint density at radius 2 is 1.90 bits per heavy atom. The molecule has 1 heterocycles. The fourth-order valence-electron chi connectivity index (χ4n) is 1.35. The van der Waals surface area contributed by atoms with Gasteiger partial charge in [0, 0.05) is 4.47 Å². The van der Waals surface area contributed by atoms with Crippen LogP contribution >= 0.6 is 47.8 Å². The Bertz CT molecular complexity index is 816. The molecule has 1 aromatic heterocycles. The zero-order chi connectivity index (χ0) is 15.8. The Kier molecular flexibility index (Phi) is 4.85. The van der Waals surface area contributed by atoms with Crippen LogP contribution in [-0.2, 0) is 10.0 Å². The van der Waals surface area contributed by atoms with Crippen molar-refractivity contribution >= 4 is 69.3 Å². The molecule has 0 amide bonds. The first-order chi connectivity index (χ1) is 9.70. The van der Waals surface area contributed by atoms with Gasteiger partial charge in [0.1, 0.15) is 15.3 Å². The molecular weight excluding hydrogens is 499 g/mol. The number of nitrogens with one attached hydrogen (secondary N) is 1. The van der Waals surface area contributed by atoms with E-state index < -0.39 is 15.8 Å². The summed E-state index contributed by atoms with van der Waals surface area (Å²) < 4.78 is 40.8. The van der Waals surface area contributed by atoms with E-state index in [9.17, 15) is 12.8 Å². The second kappa shape index (κ2) is 6.15. The largest absolute Gasteiger partial charge is 0.396 e. The molecule has 2 aromatic rings. The van der Waals surface area contributed by atoms with Gasteiger partial charge < -0.3 is 5.73 Å². The normalized spacial score (nSPS) is 11.4. The van der Waals surface area contributed by atoms with Crippen molar-refractivity contribution in [1.29, 1.82) is 0 Å². The van der Waals surface area contributed by atoms with Crippen molar-refractivity contribution in [2.75, 3.05) is 10.5 Å². The highest BCUT2D eigenvalue weighted by Crippen LogP contribution is 2.29. The molecule has 0 bridgehead atoms. The van der Waals surface area contributed by atoms with Gasteiger partial charge in [-0.15, -0.1) is 0 Å². The molecule has 0 unspecified atom stereocenters. The molecule has 0 spiro atoms. The molecule has 0 saturated heterocycles. The zero-order valence-corrected chi connectivity index (χ0v) is 15.5. The number of sulfonamides is 1. The summed E-state index contributed by atoms with van der Waals surface area (Å²) in [7, 11) is -4.01. The average Bonchev–Trinajstić information content (AvgIpc) is 2.37. The van der Waals surface area contributed by atoms with Crippen molar-refractivity contribution in [3.05, 3.63) is 37.8 Å². The maximum Gasteiger partial charge on any atom is 0.264 e. The minimum atomic E-state index is -4.01. The first-order valence-corrected chi connectivity index (χ1v) is 9.02.